The van der Waals surface area contributed by atoms with Gasteiger partial charge in [-0.25, -0.2) is 9.18 Å². The molecule has 1 fully saturated rings. The van der Waals surface area contributed by atoms with Gasteiger partial charge in [0.2, 0.25) is 5.91 Å². The van der Waals surface area contributed by atoms with E-state index in [0.29, 0.717) is 17.9 Å². The Morgan fingerprint density at radius 2 is 1.79 bits per heavy atom. The first-order valence-corrected chi connectivity index (χ1v) is 8.19. The normalized spacial score (nSPS) is 17.0. The molecule has 0 saturated carbocycles. The standard InChI is InChI=1S/C17H15BrFN3O2/c18-11-1-5-13(6-2-11)20-17(24)21-14-9-16(23)22(10-14)15-7-3-12(19)4-8-15/h1-8,14H,9-10H2,(H2,20,21,24)/t14-/m1/s1. The molecule has 2 N–H and O–H groups in total. The molecule has 0 unspecified atom stereocenters. The molecule has 0 bridgehead atoms. The SMILES string of the molecule is O=C(Nc1ccc(Br)cc1)N[C@@H]1CC(=O)N(c2ccc(F)cc2)C1. The summed E-state index contributed by atoms with van der Waals surface area (Å²) in [5.41, 5.74) is 1.29. The maximum absolute atomic E-state index is 13.0. The summed E-state index contributed by atoms with van der Waals surface area (Å²) in [6.45, 7) is 0.359. The molecule has 0 radical (unpaired) electrons. The van der Waals surface area contributed by atoms with Crippen LogP contribution in [-0.2, 0) is 4.79 Å². The number of carbonyl (C=O) groups excluding carboxylic acids is 2. The summed E-state index contributed by atoms with van der Waals surface area (Å²) in [6, 6.07) is 12.3. The van der Waals surface area contributed by atoms with E-state index < -0.39 is 0 Å². The van der Waals surface area contributed by atoms with Crippen molar-refractivity contribution in [3.63, 3.8) is 0 Å². The zero-order chi connectivity index (χ0) is 17.1. The highest BCUT2D eigenvalue weighted by Crippen LogP contribution is 2.22. The smallest absolute Gasteiger partial charge is 0.319 e. The minimum atomic E-state index is -0.365. The molecule has 24 heavy (non-hydrogen) atoms. The van der Waals surface area contributed by atoms with Gasteiger partial charge in [0.05, 0.1) is 6.04 Å². The average molecular weight is 392 g/mol. The maximum atomic E-state index is 13.0. The van der Waals surface area contributed by atoms with Crippen LogP contribution in [0.2, 0.25) is 0 Å². The Kier molecular flexibility index (Phi) is 4.80. The number of halogens is 2. The lowest BCUT2D eigenvalue weighted by atomic mass is 10.2. The number of rotatable bonds is 3. The van der Waals surface area contributed by atoms with Crippen LogP contribution in [0.25, 0.3) is 0 Å². The first-order valence-electron chi connectivity index (χ1n) is 7.40. The van der Waals surface area contributed by atoms with Gasteiger partial charge in [-0.15, -0.1) is 0 Å². The Hall–Kier alpha value is -2.41. The summed E-state index contributed by atoms with van der Waals surface area (Å²) in [5.74, 6) is -0.454. The quantitative estimate of drug-likeness (QED) is 0.840. The van der Waals surface area contributed by atoms with Gasteiger partial charge in [-0.1, -0.05) is 15.9 Å². The third kappa shape index (κ3) is 3.91. The second kappa shape index (κ2) is 7.00. The summed E-state index contributed by atoms with van der Waals surface area (Å²) in [5, 5.41) is 5.51. The number of nitrogens with zero attached hydrogens (tertiary/aromatic N) is 1. The van der Waals surface area contributed by atoms with Crippen LogP contribution in [0.3, 0.4) is 0 Å². The molecule has 3 amide bonds. The Morgan fingerprint density at radius 3 is 2.46 bits per heavy atom. The number of carbonyl (C=O) groups is 2. The van der Waals surface area contributed by atoms with Crippen LogP contribution < -0.4 is 15.5 Å². The van der Waals surface area contributed by atoms with Gasteiger partial charge in [-0.05, 0) is 48.5 Å². The van der Waals surface area contributed by atoms with Crippen molar-refractivity contribution in [3.05, 3.63) is 58.8 Å². The van der Waals surface area contributed by atoms with E-state index in [1.165, 1.54) is 12.1 Å². The summed E-state index contributed by atoms with van der Waals surface area (Å²) in [7, 11) is 0. The van der Waals surface area contributed by atoms with Gasteiger partial charge < -0.3 is 15.5 Å². The zero-order valence-electron chi connectivity index (χ0n) is 12.6. The van der Waals surface area contributed by atoms with Gasteiger partial charge in [-0.2, -0.15) is 0 Å². The summed E-state index contributed by atoms with van der Waals surface area (Å²) < 4.78 is 13.9. The van der Waals surface area contributed by atoms with E-state index in [0.717, 1.165) is 4.47 Å². The molecular formula is C17H15BrFN3O2. The number of anilines is 2. The van der Waals surface area contributed by atoms with E-state index >= 15 is 0 Å². The number of hydrogen-bond donors (Lipinski definition) is 2. The first kappa shape index (κ1) is 16.4. The van der Waals surface area contributed by atoms with E-state index in [4.69, 9.17) is 0 Å². The molecule has 0 spiro atoms. The van der Waals surface area contributed by atoms with Gasteiger partial charge in [0.1, 0.15) is 5.82 Å². The molecule has 1 saturated heterocycles. The average Bonchev–Trinajstić information content (AvgIpc) is 2.90. The number of amides is 3. The van der Waals surface area contributed by atoms with Gasteiger partial charge >= 0.3 is 6.03 Å². The van der Waals surface area contributed by atoms with Crippen molar-refractivity contribution < 1.29 is 14.0 Å². The van der Waals surface area contributed by atoms with E-state index in [9.17, 15) is 14.0 Å². The summed E-state index contributed by atoms with van der Waals surface area (Å²) in [6.07, 6.45) is 0.213. The van der Waals surface area contributed by atoms with E-state index in [1.807, 2.05) is 12.1 Å². The van der Waals surface area contributed by atoms with Gasteiger partial charge in [0.15, 0.2) is 0 Å². The number of nitrogens with one attached hydrogen (secondary N) is 2. The van der Waals surface area contributed by atoms with Crippen LogP contribution in [0.4, 0.5) is 20.6 Å². The van der Waals surface area contributed by atoms with Gasteiger partial charge in [0.25, 0.3) is 0 Å². The molecule has 1 heterocycles. The van der Waals surface area contributed by atoms with Crippen molar-refractivity contribution in [2.75, 3.05) is 16.8 Å². The molecule has 0 aromatic heterocycles. The van der Waals surface area contributed by atoms with Gasteiger partial charge in [0, 0.05) is 28.8 Å². The highest BCUT2D eigenvalue weighted by molar-refractivity contribution is 9.10. The lowest BCUT2D eigenvalue weighted by molar-refractivity contribution is -0.117. The second-order valence-corrected chi connectivity index (χ2v) is 6.40. The molecule has 3 rings (SSSR count). The molecule has 2 aromatic carbocycles. The van der Waals surface area contributed by atoms with Crippen molar-refractivity contribution in [1.82, 2.24) is 5.32 Å². The minimum absolute atomic E-state index is 0.101. The van der Waals surface area contributed by atoms with E-state index in [2.05, 4.69) is 26.6 Å². The number of urea groups is 1. The lowest BCUT2D eigenvalue weighted by Crippen LogP contribution is -2.39. The molecule has 0 aliphatic carbocycles. The van der Waals surface area contributed by atoms with Crippen LogP contribution in [0.5, 0.6) is 0 Å². The zero-order valence-corrected chi connectivity index (χ0v) is 14.2. The number of hydrogen-bond acceptors (Lipinski definition) is 2. The highest BCUT2D eigenvalue weighted by Gasteiger charge is 2.31. The van der Waals surface area contributed by atoms with E-state index in [-0.39, 0.29) is 30.2 Å². The third-order valence-corrected chi connectivity index (χ3v) is 4.23. The van der Waals surface area contributed by atoms with Crippen molar-refractivity contribution >= 4 is 39.2 Å². The molecule has 7 heteroatoms. The van der Waals surface area contributed by atoms with Crippen LogP contribution in [0, 0.1) is 5.82 Å². The topological polar surface area (TPSA) is 61.4 Å². The summed E-state index contributed by atoms with van der Waals surface area (Å²) >= 11 is 3.33. The molecule has 1 atom stereocenters. The fourth-order valence-electron chi connectivity index (χ4n) is 2.56. The maximum Gasteiger partial charge on any atom is 0.319 e. The van der Waals surface area contributed by atoms with Crippen molar-refractivity contribution in [2.45, 2.75) is 12.5 Å². The van der Waals surface area contributed by atoms with Crippen molar-refractivity contribution in [2.24, 2.45) is 0 Å². The van der Waals surface area contributed by atoms with Crippen LogP contribution >= 0.6 is 15.9 Å². The molecule has 124 valence electrons. The Labute approximate surface area is 147 Å². The predicted octanol–water partition coefficient (Wildman–Crippen LogP) is 3.52. The minimum Gasteiger partial charge on any atom is -0.333 e. The Morgan fingerprint density at radius 1 is 1.12 bits per heavy atom. The molecule has 5 nitrogen and oxygen atoms in total. The monoisotopic (exact) mass is 391 g/mol. The lowest BCUT2D eigenvalue weighted by Gasteiger charge is -2.17. The van der Waals surface area contributed by atoms with Crippen molar-refractivity contribution in [3.8, 4) is 0 Å². The fraction of sp³-hybridized carbons (Fsp3) is 0.176. The molecule has 2 aromatic rings. The Balaban J connectivity index is 1.58. The third-order valence-electron chi connectivity index (χ3n) is 3.70. The summed E-state index contributed by atoms with van der Waals surface area (Å²) in [4.78, 5) is 25.7. The fourth-order valence-corrected chi connectivity index (χ4v) is 2.82. The largest absolute Gasteiger partial charge is 0.333 e. The molecular weight excluding hydrogens is 377 g/mol. The number of benzene rings is 2. The van der Waals surface area contributed by atoms with Gasteiger partial charge in [-0.3, -0.25) is 4.79 Å². The van der Waals surface area contributed by atoms with Crippen LogP contribution in [-0.4, -0.2) is 24.5 Å². The predicted molar refractivity (Wildman–Crippen MR) is 93.5 cm³/mol. The molecule has 1 aliphatic rings. The first-order chi connectivity index (χ1) is 11.5. The van der Waals surface area contributed by atoms with Crippen LogP contribution in [0.15, 0.2) is 53.0 Å². The van der Waals surface area contributed by atoms with Crippen molar-refractivity contribution in [1.29, 1.82) is 0 Å². The molecule has 1 aliphatic heterocycles. The van der Waals surface area contributed by atoms with Crippen LogP contribution in [0.1, 0.15) is 6.42 Å². The highest BCUT2D eigenvalue weighted by atomic mass is 79.9. The second-order valence-electron chi connectivity index (χ2n) is 5.49. The Bertz CT molecular complexity index is 749. The van der Waals surface area contributed by atoms with E-state index in [1.54, 1.807) is 29.2 Å².